The third kappa shape index (κ3) is 4.29. The number of piperazine rings is 1. The minimum absolute atomic E-state index is 0.0295. The Morgan fingerprint density at radius 2 is 1.52 bits per heavy atom. The Labute approximate surface area is 195 Å². The summed E-state index contributed by atoms with van der Waals surface area (Å²) in [4.78, 5) is 16.8. The molecule has 3 aliphatic rings. The van der Waals surface area contributed by atoms with Crippen LogP contribution in [0.25, 0.3) is 0 Å². The fourth-order valence-electron chi connectivity index (χ4n) is 4.78. The number of allylic oxidation sites excluding steroid dienone is 2. The summed E-state index contributed by atoms with van der Waals surface area (Å²) in [7, 11) is 1.68. The van der Waals surface area contributed by atoms with E-state index >= 15 is 0 Å². The molecule has 0 bridgehead atoms. The Morgan fingerprint density at radius 3 is 2.15 bits per heavy atom. The molecule has 0 amide bonds. The highest BCUT2D eigenvalue weighted by Gasteiger charge is 2.42. The van der Waals surface area contributed by atoms with Gasteiger partial charge in [-0.3, -0.25) is 14.6 Å². The third-order valence-electron chi connectivity index (χ3n) is 6.70. The van der Waals surface area contributed by atoms with Gasteiger partial charge in [0, 0.05) is 25.7 Å². The van der Waals surface area contributed by atoms with Crippen molar-refractivity contribution < 1.29 is 14.1 Å². The van der Waals surface area contributed by atoms with Gasteiger partial charge in [0.2, 0.25) is 0 Å². The summed E-state index contributed by atoms with van der Waals surface area (Å²) >= 11 is 0. The minimum Gasteiger partial charge on any atom is -0.497 e. The molecule has 0 saturated carbocycles. The van der Waals surface area contributed by atoms with Crippen molar-refractivity contribution in [2.75, 3.05) is 33.3 Å². The summed E-state index contributed by atoms with van der Waals surface area (Å²) in [6.07, 6.45) is 11.7. The van der Waals surface area contributed by atoms with Crippen LogP contribution in [0.4, 0.5) is 5.69 Å². The van der Waals surface area contributed by atoms with Crippen molar-refractivity contribution >= 4 is 17.3 Å². The number of methoxy groups -OCH3 is 1. The number of rotatable bonds is 4. The molecule has 2 heterocycles. The van der Waals surface area contributed by atoms with E-state index in [9.17, 15) is 4.79 Å². The Kier molecular flexibility index (Phi) is 5.73. The van der Waals surface area contributed by atoms with Gasteiger partial charge in [-0.15, -0.1) is 0 Å². The number of carbonyl (C=O) groups excluding carboxylic acids is 1. The zero-order chi connectivity index (χ0) is 22.8. The summed E-state index contributed by atoms with van der Waals surface area (Å²) in [5, 5.41) is 0. The Balaban J connectivity index is 1.40. The molecule has 1 aliphatic carbocycles. The van der Waals surface area contributed by atoms with Crippen LogP contribution >= 0.6 is 0 Å². The maximum Gasteiger partial charge on any atom is 0.278 e. The molecule has 168 valence electrons. The van der Waals surface area contributed by atoms with Gasteiger partial charge in [-0.2, -0.15) is 0 Å². The fourth-order valence-corrected chi connectivity index (χ4v) is 4.78. The topological polar surface area (TPSA) is 35.8 Å². The van der Waals surface area contributed by atoms with Crippen molar-refractivity contribution in [2.45, 2.75) is 19.0 Å². The van der Waals surface area contributed by atoms with Crippen molar-refractivity contribution in [3.8, 4) is 5.75 Å². The summed E-state index contributed by atoms with van der Waals surface area (Å²) < 4.78 is 7.68. The number of aryl methyl sites for hydroxylation is 1. The van der Waals surface area contributed by atoms with Gasteiger partial charge in [-0.1, -0.05) is 29.8 Å². The number of carbonyl (C=O) groups is 1. The molecule has 0 N–H and O–H groups in total. The van der Waals surface area contributed by atoms with Crippen LogP contribution in [0.3, 0.4) is 0 Å². The number of benzene rings is 2. The van der Waals surface area contributed by atoms with Gasteiger partial charge < -0.3 is 4.74 Å². The van der Waals surface area contributed by atoms with Crippen molar-refractivity contribution in [1.29, 1.82) is 0 Å². The first kappa shape index (κ1) is 21.4. The Bertz CT molecular complexity index is 1130. The summed E-state index contributed by atoms with van der Waals surface area (Å²) in [6.45, 7) is 7.06. The molecule has 5 rings (SSSR count). The largest absolute Gasteiger partial charge is 0.497 e. The molecule has 5 heteroatoms. The lowest BCUT2D eigenvalue weighted by atomic mass is 9.93. The first-order valence-corrected chi connectivity index (χ1v) is 11.5. The predicted octanol–water partition coefficient (Wildman–Crippen LogP) is 3.87. The van der Waals surface area contributed by atoms with Crippen LogP contribution < -0.4 is 4.74 Å². The first-order valence-electron chi connectivity index (χ1n) is 11.5. The first-order chi connectivity index (χ1) is 16.1. The third-order valence-corrected chi connectivity index (χ3v) is 6.70. The van der Waals surface area contributed by atoms with Crippen LogP contribution in [0.15, 0.2) is 85.0 Å². The van der Waals surface area contributed by atoms with Crippen molar-refractivity contribution in [3.63, 3.8) is 0 Å². The molecule has 2 aromatic rings. The van der Waals surface area contributed by atoms with Gasteiger partial charge in [0.25, 0.3) is 5.84 Å². The lowest BCUT2D eigenvalue weighted by Gasteiger charge is -2.33. The monoisotopic (exact) mass is 440 g/mol. The van der Waals surface area contributed by atoms with E-state index in [2.05, 4.69) is 69.8 Å². The van der Waals surface area contributed by atoms with Gasteiger partial charge in [0.05, 0.1) is 20.2 Å². The molecule has 0 unspecified atom stereocenters. The van der Waals surface area contributed by atoms with Gasteiger partial charge in [-0.05, 0) is 67.1 Å². The van der Waals surface area contributed by atoms with E-state index in [1.165, 1.54) is 17.0 Å². The molecule has 0 radical (unpaired) electrons. The summed E-state index contributed by atoms with van der Waals surface area (Å²) in [5.41, 5.74) is 3.27. The van der Waals surface area contributed by atoms with E-state index in [4.69, 9.17) is 4.74 Å². The molecular weight excluding hydrogens is 410 g/mol. The van der Waals surface area contributed by atoms with Crippen molar-refractivity contribution in [2.24, 2.45) is 0 Å². The van der Waals surface area contributed by atoms with Crippen LogP contribution in [0.1, 0.15) is 11.1 Å². The highest BCUT2D eigenvalue weighted by molar-refractivity contribution is 6.01. The molecule has 1 saturated heterocycles. The van der Waals surface area contributed by atoms with Crippen LogP contribution in [0, 0.1) is 6.92 Å². The lowest BCUT2D eigenvalue weighted by molar-refractivity contribution is -0.489. The predicted molar refractivity (Wildman–Crippen MR) is 131 cm³/mol. The highest BCUT2D eigenvalue weighted by Crippen LogP contribution is 2.34. The maximum atomic E-state index is 11.9. The number of ether oxygens (including phenoxy) is 1. The SMILES string of the molecule is COc1ccc([N+]2=C(N3CCN(Cc4ccc(C)cc4)CC3)C=CC23C=CC(=O)C=C3)cc1. The zero-order valence-corrected chi connectivity index (χ0v) is 19.3. The van der Waals surface area contributed by atoms with Crippen LogP contribution in [0.2, 0.25) is 0 Å². The molecule has 0 atom stereocenters. The number of ketones is 1. The second kappa shape index (κ2) is 8.83. The average molecular weight is 441 g/mol. The molecule has 1 fully saturated rings. The molecule has 0 aromatic heterocycles. The van der Waals surface area contributed by atoms with Gasteiger partial charge in [0.15, 0.2) is 11.3 Å². The fraction of sp³-hybridized carbons (Fsp3) is 0.286. The quantitative estimate of drug-likeness (QED) is 0.677. The average Bonchev–Trinajstić information content (AvgIpc) is 3.22. The van der Waals surface area contributed by atoms with E-state index in [1.54, 1.807) is 19.3 Å². The number of nitrogens with zero attached hydrogens (tertiary/aromatic N) is 3. The van der Waals surface area contributed by atoms with E-state index < -0.39 is 5.54 Å². The smallest absolute Gasteiger partial charge is 0.278 e. The maximum absolute atomic E-state index is 11.9. The van der Waals surface area contributed by atoms with E-state index in [1.807, 2.05) is 24.3 Å². The lowest BCUT2D eigenvalue weighted by Crippen LogP contribution is -2.50. The minimum atomic E-state index is -0.461. The van der Waals surface area contributed by atoms with E-state index in [-0.39, 0.29) is 5.78 Å². The Morgan fingerprint density at radius 1 is 0.879 bits per heavy atom. The number of hydrogen-bond donors (Lipinski definition) is 0. The van der Waals surface area contributed by atoms with E-state index in [0.717, 1.165) is 44.2 Å². The number of amidine groups is 1. The van der Waals surface area contributed by atoms with Crippen LogP contribution in [-0.2, 0) is 11.3 Å². The second-order valence-corrected chi connectivity index (χ2v) is 8.93. The zero-order valence-electron chi connectivity index (χ0n) is 19.3. The number of hydrogen-bond acceptors (Lipinski definition) is 4. The van der Waals surface area contributed by atoms with Crippen molar-refractivity contribution in [1.82, 2.24) is 9.80 Å². The van der Waals surface area contributed by atoms with E-state index in [0.29, 0.717) is 0 Å². The summed E-state index contributed by atoms with van der Waals surface area (Å²) in [5.74, 6) is 2.02. The standard InChI is InChI=1S/C28H30N3O2/c1-22-3-5-23(6-4-22)21-29-17-19-30(20-18-29)27-13-16-28(14-11-25(32)12-15-28)31(27)24-7-9-26(33-2)10-8-24/h3-16H,17-21H2,1-2H3/q+1. The summed E-state index contributed by atoms with van der Waals surface area (Å²) in [6, 6.07) is 17.0. The van der Waals surface area contributed by atoms with Crippen molar-refractivity contribution in [3.05, 3.63) is 96.1 Å². The van der Waals surface area contributed by atoms with Crippen LogP contribution in [0.5, 0.6) is 5.75 Å². The van der Waals surface area contributed by atoms with Crippen LogP contribution in [-0.4, -0.2) is 64.8 Å². The van der Waals surface area contributed by atoms with Gasteiger partial charge in [0.1, 0.15) is 11.4 Å². The van der Waals surface area contributed by atoms with Gasteiger partial charge >= 0.3 is 0 Å². The molecular formula is C28H30N3O2+. The van der Waals surface area contributed by atoms with Gasteiger partial charge in [-0.25, -0.2) is 4.58 Å². The molecule has 5 nitrogen and oxygen atoms in total. The normalized spacial score (nSPS) is 19.7. The molecule has 2 aliphatic heterocycles. The Hall–Kier alpha value is -3.44. The molecule has 1 spiro atoms. The second-order valence-electron chi connectivity index (χ2n) is 8.93. The molecule has 2 aromatic carbocycles. The highest BCUT2D eigenvalue weighted by atomic mass is 16.5. The molecule has 33 heavy (non-hydrogen) atoms.